The standard InChI is InChI=1S/C11H15NO2/c1-2-3-6-12-8-9-4-5-10(13)7-11(9)14/h4-5,7-8,13-14H,2-3,6H2,1H3/b12-8+. The van der Waals surface area contributed by atoms with Gasteiger partial charge in [-0.1, -0.05) is 13.3 Å². The number of aliphatic imine (C=N–C) groups is 1. The van der Waals surface area contributed by atoms with Gasteiger partial charge < -0.3 is 10.2 Å². The molecule has 0 aromatic heterocycles. The SMILES string of the molecule is CCCC/N=C/c1ccc(O)cc1O. The van der Waals surface area contributed by atoms with Crippen LogP contribution in [0.15, 0.2) is 23.2 Å². The third-order valence-corrected chi connectivity index (χ3v) is 1.89. The molecule has 3 nitrogen and oxygen atoms in total. The molecule has 0 radical (unpaired) electrons. The van der Waals surface area contributed by atoms with Gasteiger partial charge in [-0.2, -0.15) is 0 Å². The first kappa shape index (κ1) is 10.6. The molecular formula is C11H15NO2. The fourth-order valence-corrected chi connectivity index (χ4v) is 1.05. The Kier molecular flexibility index (Phi) is 3.98. The van der Waals surface area contributed by atoms with Crippen molar-refractivity contribution in [1.82, 2.24) is 0 Å². The molecule has 3 heteroatoms. The van der Waals surface area contributed by atoms with Crippen LogP contribution in [0.1, 0.15) is 25.3 Å². The lowest BCUT2D eigenvalue weighted by atomic mass is 10.2. The van der Waals surface area contributed by atoms with Crippen molar-refractivity contribution in [2.45, 2.75) is 19.8 Å². The first-order valence-electron chi connectivity index (χ1n) is 4.76. The molecule has 14 heavy (non-hydrogen) atoms. The van der Waals surface area contributed by atoms with Crippen LogP contribution in [0, 0.1) is 0 Å². The maximum Gasteiger partial charge on any atom is 0.128 e. The Labute approximate surface area is 83.7 Å². The molecule has 76 valence electrons. The number of nitrogens with zero attached hydrogens (tertiary/aromatic N) is 1. The van der Waals surface area contributed by atoms with E-state index in [9.17, 15) is 5.11 Å². The second kappa shape index (κ2) is 5.27. The quantitative estimate of drug-likeness (QED) is 0.569. The molecule has 1 aromatic carbocycles. The van der Waals surface area contributed by atoms with Crippen LogP contribution < -0.4 is 0 Å². The number of unbranched alkanes of at least 4 members (excludes halogenated alkanes) is 1. The molecule has 0 unspecified atom stereocenters. The molecular weight excluding hydrogens is 178 g/mol. The minimum Gasteiger partial charge on any atom is -0.508 e. The molecule has 1 aromatic rings. The lowest BCUT2D eigenvalue weighted by Crippen LogP contribution is -1.85. The summed E-state index contributed by atoms with van der Waals surface area (Å²) in [4.78, 5) is 4.16. The fraction of sp³-hybridized carbons (Fsp3) is 0.364. The maximum atomic E-state index is 9.40. The Morgan fingerprint density at radius 3 is 2.79 bits per heavy atom. The summed E-state index contributed by atoms with van der Waals surface area (Å²) in [5, 5.41) is 18.4. The number of rotatable bonds is 4. The second-order valence-electron chi connectivity index (χ2n) is 3.13. The van der Waals surface area contributed by atoms with Crippen molar-refractivity contribution in [3.63, 3.8) is 0 Å². The molecule has 0 saturated carbocycles. The van der Waals surface area contributed by atoms with Crippen LogP contribution in [0.5, 0.6) is 11.5 Å². The number of benzene rings is 1. The van der Waals surface area contributed by atoms with E-state index < -0.39 is 0 Å². The zero-order valence-corrected chi connectivity index (χ0v) is 8.27. The summed E-state index contributed by atoms with van der Waals surface area (Å²) in [5.74, 6) is 0.124. The highest BCUT2D eigenvalue weighted by molar-refractivity contribution is 5.83. The van der Waals surface area contributed by atoms with Gasteiger partial charge in [0.05, 0.1) is 0 Å². The average molecular weight is 193 g/mol. The van der Waals surface area contributed by atoms with Crippen molar-refractivity contribution in [1.29, 1.82) is 0 Å². The Balaban J connectivity index is 2.62. The van der Waals surface area contributed by atoms with E-state index in [1.807, 2.05) is 0 Å². The Bertz CT molecular complexity index is 321. The summed E-state index contributed by atoms with van der Waals surface area (Å²) in [6.07, 6.45) is 3.79. The number of hydrogen-bond donors (Lipinski definition) is 2. The zero-order chi connectivity index (χ0) is 10.4. The molecule has 1 rings (SSSR count). The molecule has 0 atom stereocenters. The summed E-state index contributed by atoms with van der Waals surface area (Å²) >= 11 is 0. The molecule has 0 bridgehead atoms. The van der Waals surface area contributed by atoms with Crippen LogP contribution in [0.2, 0.25) is 0 Å². The predicted octanol–water partition coefficient (Wildman–Crippen LogP) is 2.32. The zero-order valence-electron chi connectivity index (χ0n) is 8.27. The molecule has 2 N–H and O–H groups in total. The second-order valence-corrected chi connectivity index (χ2v) is 3.13. The summed E-state index contributed by atoms with van der Waals surface area (Å²) in [6.45, 7) is 2.88. The van der Waals surface area contributed by atoms with Crippen LogP contribution in [0.4, 0.5) is 0 Å². The minimum absolute atomic E-state index is 0.0604. The Morgan fingerprint density at radius 1 is 1.36 bits per heavy atom. The van der Waals surface area contributed by atoms with Gasteiger partial charge in [-0.05, 0) is 18.6 Å². The van der Waals surface area contributed by atoms with Gasteiger partial charge in [0.1, 0.15) is 11.5 Å². The van der Waals surface area contributed by atoms with Gasteiger partial charge in [-0.25, -0.2) is 0 Å². The molecule has 0 fully saturated rings. The van der Waals surface area contributed by atoms with E-state index in [2.05, 4.69) is 11.9 Å². The third-order valence-electron chi connectivity index (χ3n) is 1.89. The van der Waals surface area contributed by atoms with E-state index in [1.54, 1.807) is 12.3 Å². The fourth-order valence-electron chi connectivity index (χ4n) is 1.05. The Morgan fingerprint density at radius 2 is 2.14 bits per heavy atom. The Hall–Kier alpha value is -1.51. The van der Waals surface area contributed by atoms with Crippen molar-refractivity contribution in [2.75, 3.05) is 6.54 Å². The monoisotopic (exact) mass is 193 g/mol. The lowest BCUT2D eigenvalue weighted by molar-refractivity contribution is 0.450. The van der Waals surface area contributed by atoms with Gasteiger partial charge in [0.2, 0.25) is 0 Å². The molecule has 0 heterocycles. The molecule has 0 saturated heterocycles. The van der Waals surface area contributed by atoms with Crippen molar-refractivity contribution in [2.24, 2.45) is 4.99 Å². The number of hydrogen-bond acceptors (Lipinski definition) is 3. The maximum absolute atomic E-state index is 9.40. The van der Waals surface area contributed by atoms with Crippen molar-refractivity contribution >= 4 is 6.21 Å². The van der Waals surface area contributed by atoms with E-state index in [4.69, 9.17) is 5.11 Å². The highest BCUT2D eigenvalue weighted by atomic mass is 16.3. The summed E-state index contributed by atoms with van der Waals surface area (Å²) in [6, 6.07) is 4.47. The van der Waals surface area contributed by atoms with Crippen molar-refractivity contribution < 1.29 is 10.2 Å². The molecule has 0 aliphatic carbocycles. The number of aromatic hydroxyl groups is 2. The topological polar surface area (TPSA) is 52.8 Å². The molecule has 0 aliphatic rings. The first-order chi connectivity index (χ1) is 6.74. The summed E-state index contributed by atoms with van der Waals surface area (Å²) in [7, 11) is 0. The van der Waals surface area contributed by atoms with E-state index in [-0.39, 0.29) is 11.5 Å². The van der Waals surface area contributed by atoms with Crippen LogP contribution in [0.3, 0.4) is 0 Å². The van der Waals surface area contributed by atoms with Crippen LogP contribution in [0.25, 0.3) is 0 Å². The van der Waals surface area contributed by atoms with Gasteiger partial charge in [0.25, 0.3) is 0 Å². The van der Waals surface area contributed by atoms with E-state index in [0.29, 0.717) is 5.56 Å². The van der Waals surface area contributed by atoms with Gasteiger partial charge >= 0.3 is 0 Å². The van der Waals surface area contributed by atoms with Crippen LogP contribution in [-0.4, -0.2) is 23.0 Å². The van der Waals surface area contributed by atoms with Gasteiger partial charge in [0.15, 0.2) is 0 Å². The average Bonchev–Trinajstić information content (AvgIpc) is 2.15. The van der Waals surface area contributed by atoms with E-state index in [1.165, 1.54) is 12.1 Å². The highest BCUT2D eigenvalue weighted by Gasteiger charge is 1.98. The summed E-state index contributed by atoms with van der Waals surface area (Å²) in [5.41, 5.74) is 0.638. The third kappa shape index (κ3) is 3.09. The minimum atomic E-state index is 0.0604. The van der Waals surface area contributed by atoms with E-state index in [0.717, 1.165) is 19.4 Å². The summed E-state index contributed by atoms with van der Waals surface area (Å²) < 4.78 is 0. The van der Waals surface area contributed by atoms with Crippen LogP contribution in [-0.2, 0) is 0 Å². The normalized spacial score (nSPS) is 10.9. The predicted molar refractivity (Wildman–Crippen MR) is 57.1 cm³/mol. The number of phenols is 2. The molecule has 0 aliphatic heterocycles. The highest BCUT2D eigenvalue weighted by Crippen LogP contribution is 2.20. The smallest absolute Gasteiger partial charge is 0.128 e. The first-order valence-corrected chi connectivity index (χ1v) is 4.76. The number of phenolic OH excluding ortho intramolecular Hbond substituents is 2. The van der Waals surface area contributed by atoms with Crippen molar-refractivity contribution in [3.05, 3.63) is 23.8 Å². The molecule has 0 amide bonds. The van der Waals surface area contributed by atoms with Gasteiger partial charge in [0, 0.05) is 24.4 Å². The largest absolute Gasteiger partial charge is 0.508 e. The van der Waals surface area contributed by atoms with Crippen molar-refractivity contribution in [3.8, 4) is 11.5 Å². The lowest BCUT2D eigenvalue weighted by Gasteiger charge is -1.98. The van der Waals surface area contributed by atoms with Gasteiger partial charge in [-0.3, -0.25) is 4.99 Å². The van der Waals surface area contributed by atoms with E-state index >= 15 is 0 Å². The van der Waals surface area contributed by atoms with Gasteiger partial charge in [-0.15, -0.1) is 0 Å². The molecule has 0 spiro atoms. The van der Waals surface area contributed by atoms with Crippen LogP contribution >= 0.6 is 0 Å².